The number of aryl methyl sites for hydroxylation is 2. The van der Waals surface area contributed by atoms with E-state index in [1.54, 1.807) is 0 Å². The van der Waals surface area contributed by atoms with E-state index in [4.69, 9.17) is 9.97 Å². The van der Waals surface area contributed by atoms with Gasteiger partial charge in [0, 0.05) is 63.5 Å². The second kappa shape index (κ2) is 13.5. The fourth-order valence-corrected chi connectivity index (χ4v) is 12.5. The van der Waals surface area contributed by atoms with Crippen molar-refractivity contribution in [3.8, 4) is 11.3 Å². The van der Waals surface area contributed by atoms with Gasteiger partial charge in [-0.2, -0.15) is 17.8 Å². The van der Waals surface area contributed by atoms with Crippen LogP contribution in [0.2, 0.25) is 0 Å². The molecule has 0 fully saturated rings. The molecule has 0 spiro atoms. The van der Waals surface area contributed by atoms with E-state index in [1.165, 1.54) is 31.5 Å². The molecule has 5 aromatic carbocycles. The van der Waals surface area contributed by atoms with Gasteiger partial charge in [-0.25, -0.2) is 9.97 Å². The van der Waals surface area contributed by atoms with Crippen molar-refractivity contribution in [1.82, 2.24) is 14.5 Å². The van der Waals surface area contributed by atoms with Crippen molar-refractivity contribution in [3.05, 3.63) is 163 Å². The van der Waals surface area contributed by atoms with Gasteiger partial charge in [0.25, 0.3) is 0 Å². The molecule has 261 valence electrons. The molecule has 2 aliphatic rings. The summed E-state index contributed by atoms with van der Waals surface area (Å²) in [6.45, 7) is 0. The van der Waals surface area contributed by atoms with Gasteiger partial charge in [0.2, 0.25) is 0 Å². The van der Waals surface area contributed by atoms with Crippen LogP contribution in [0.5, 0.6) is 0 Å². The van der Waals surface area contributed by atoms with Gasteiger partial charge in [0.1, 0.15) is 16.8 Å². The van der Waals surface area contributed by atoms with Gasteiger partial charge >= 0.3 is 0 Å². The van der Waals surface area contributed by atoms with E-state index >= 15 is 0 Å². The first-order valence-corrected chi connectivity index (χ1v) is 19.9. The summed E-state index contributed by atoms with van der Waals surface area (Å²) in [7, 11) is 4.87. The van der Waals surface area contributed by atoms with Crippen molar-refractivity contribution in [1.29, 1.82) is 0 Å². The Bertz CT molecular complexity index is 2600. The maximum atomic E-state index is 5.46. The SMILES string of the molecule is CN1c2ccccc2N(c2[c-]c3c(cc2)Sc2ccccc2C3[PH+](c2ccccc2)c2ccccc2)c2nc(-c3cn(C)c4c3[n-]c[n+]4C)ccc21.[Ir]. The molecule has 9 heteroatoms. The maximum Gasteiger partial charge on any atom is 0.160 e. The summed E-state index contributed by atoms with van der Waals surface area (Å²) in [6, 6.07) is 52.7. The molecule has 2 aliphatic heterocycles. The van der Waals surface area contributed by atoms with Gasteiger partial charge in [-0.3, -0.25) is 0 Å². The minimum Gasteiger partial charge on any atom is -0.340 e. The zero-order chi connectivity index (χ0) is 34.9. The number of hydrogen-bond donors (Lipinski definition) is 0. The molecule has 0 aliphatic carbocycles. The number of imidazole rings is 1. The normalized spacial score (nSPS) is 14.4. The number of anilines is 5. The Hall–Kier alpha value is -4.97. The van der Waals surface area contributed by atoms with Crippen LogP contribution in [0.4, 0.5) is 28.6 Å². The summed E-state index contributed by atoms with van der Waals surface area (Å²) in [6.07, 6.45) is 4.01. The molecule has 0 N–H and O–H groups in total. The van der Waals surface area contributed by atoms with E-state index in [0.717, 1.165) is 51.0 Å². The number of nitrogens with zero attached hydrogens (tertiary/aromatic N) is 6. The van der Waals surface area contributed by atoms with Crippen molar-refractivity contribution in [2.24, 2.45) is 14.1 Å². The van der Waals surface area contributed by atoms with Gasteiger partial charge in [0.05, 0.1) is 47.6 Å². The van der Waals surface area contributed by atoms with Crippen LogP contribution in [-0.2, 0) is 34.2 Å². The van der Waals surface area contributed by atoms with E-state index in [1.807, 2.05) is 25.1 Å². The number of rotatable bonds is 5. The predicted octanol–water partition coefficient (Wildman–Crippen LogP) is 8.79. The van der Waals surface area contributed by atoms with E-state index in [-0.39, 0.29) is 25.8 Å². The van der Waals surface area contributed by atoms with Crippen LogP contribution >= 0.6 is 19.7 Å². The molecule has 0 saturated carbocycles. The number of aromatic nitrogens is 4. The van der Waals surface area contributed by atoms with Crippen molar-refractivity contribution in [2.45, 2.75) is 15.4 Å². The van der Waals surface area contributed by atoms with E-state index in [9.17, 15) is 0 Å². The van der Waals surface area contributed by atoms with Crippen molar-refractivity contribution in [2.75, 3.05) is 16.8 Å². The van der Waals surface area contributed by atoms with Gasteiger partial charge < -0.3 is 18.9 Å². The molecular formula is C44H35IrN6PS. The monoisotopic (exact) mass is 903 g/mol. The average Bonchev–Trinajstić information content (AvgIpc) is 3.75. The summed E-state index contributed by atoms with van der Waals surface area (Å²) >= 11 is 1.86. The van der Waals surface area contributed by atoms with Crippen LogP contribution in [0, 0.1) is 6.07 Å². The van der Waals surface area contributed by atoms with Crippen LogP contribution in [-0.4, -0.2) is 16.6 Å². The molecule has 5 heterocycles. The molecule has 6 nitrogen and oxygen atoms in total. The Labute approximate surface area is 328 Å². The summed E-state index contributed by atoms with van der Waals surface area (Å²) in [5.41, 5.74) is 10.9. The number of para-hydroxylation sites is 2. The zero-order valence-electron chi connectivity index (χ0n) is 29.4. The Morgan fingerprint density at radius 3 is 2.17 bits per heavy atom. The quantitative estimate of drug-likeness (QED) is 0.0983. The molecule has 0 bridgehead atoms. The van der Waals surface area contributed by atoms with E-state index < -0.39 is 7.92 Å². The third-order valence-corrected chi connectivity index (χ3v) is 14.6. The molecule has 53 heavy (non-hydrogen) atoms. The molecule has 1 unspecified atom stereocenters. The smallest absolute Gasteiger partial charge is 0.160 e. The minimum absolute atomic E-state index is 0. The first kappa shape index (κ1) is 33.8. The second-order valence-corrected chi connectivity index (χ2v) is 17.1. The van der Waals surface area contributed by atoms with E-state index in [2.05, 4.69) is 179 Å². The molecule has 8 aromatic rings. The molecule has 0 saturated heterocycles. The zero-order valence-corrected chi connectivity index (χ0v) is 33.6. The van der Waals surface area contributed by atoms with Crippen molar-refractivity contribution < 1.29 is 24.7 Å². The largest absolute Gasteiger partial charge is 0.340 e. The summed E-state index contributed by atoms with van der Waals surface area (Å²) in [5.74, 6) is 0.875. The van der Waals surface area contributed by atoms with Crippen LogP contribution in [0.1, 0.15) is 16.8 Å². The second-order valence-electron chi connectivity index (χ2n) is 13.4. The number of fused-ring (bicyclic) bond motifs is 5. The van der Waals surface area contributed by atoms with Crippen LogP contribution in [0.25, 0.3) is 22.4 Å². The molecule has 0 amide bonds. The fraction of sp³-hybridized carbons (Fsp3) is 0.0909. The molecule has 3 aromatic heterocycles. The molecular weight excluding hydrogens is 868 g/mol. The molecule has 1 radical (unpaired) electrons. The van der Waals surface area contributed by atoms with Crippen LogP contribution in [0.3, 0.4) is 0 Å². The van der Waals surface area contributed by atoms with Gasteiger partial charge in [-0.05, 0) is 54.6 Å². The third kappa shape index (κ3) is 5.47. The first-order chi connectivity index (χ1) is 25.5. The Balaban J connectivity index is 0.00000372. The number of benzene rings is 5. The fourth-order valence-electron chi connectivity index (χ4n) is 8.02. The number of pyridine rings is 1. The van der Waals surface area contributed by atoms with E-state index in [0.29, 0.717) is 0 Å². The Kier molecular flexibility index (Phi) is 8.60. The van der Waals surface area contributed by atoms with Crippen molar-refractivity contribution >= 4 is 70.0 Å². The standard InChI is InChI=1S/C44H34N6PS.Ir/c1-47-27-34(41-44(47)48(2)28-45-41)35-23-24-38-43(46-35)50(37-20-12-11-19-36(37)49(38)3)29-22-25-40-33(26-29)42(32-18-10-13-21-39(32)52-40)51(30-14-6-4-7-15-30)31-16-8-5-9-17-31;/h4-25,27-28,42H,1-3H3;/q-1;/p+1. The van der Waals surface area contributed by atoms with Crippen LogP contribution in [0.15, 0.2) is 156 Å². The molecule has 10 rings (SSSR count). The Morgan fingerprint density at radius 2 is 1.42 bits per heavy atom. The summed E-state index contributed by atoms with van der Waals surface area (Å²) < 4.78 is 4.19. The van der Waals surface area contributed by atoms with Gasteiger partial charge in [0.15, 0.2) is 5.82 Å². The predicted molar refractivity (Wildman–Crippen MR) is 215 cm³/mol. The Morgan fingerprint density at radius 1 is 0.736 bits per heavy atom. The maximum absolute atomic E-state index is 5.46. The average molecular weight is 903 g/mol. The molecule has 1 atom stereocenters. The summed E-state index contributed by atoms with van der Waals surface area (Å²) in [4.78, 5) is 17.4. The van der Waals surface area contributed by atoms with Crippen LogP contribution < -0.4 is 30.0 Å². The van der Waals surface area contributed by atoms with Gasteiger partial charge in [-0.1, -0.05) is 77.3 Å². The third-order valence-electron chi connectivity index (χ3n) is 10.4. The topological polar surface area (TPSA) is 42.3 Å². The number of hydrogen-bond acceptors (Lipinski definition) is 4. The van der Waals surface area contributed by atoms with Crippen molar-refractivity contribution in [3.63, 3.8) is 0 Å². The summed E-state index contributed by atoms with van der Waals surface area (Å²) in [5, 5.41) is 2.78. The van der Waals surface area contributed by atoms with Gasteiger partial charge in [-0.15, -0.1) is 17.7 Å². The minimum atomic E-state index is -1.36. The first-order valence-electron chi connectivity index (χ1n) is 17.5.